The first-order valence-corrected chi connectivity index (χ1v) is 5.43. The third kappa shape index (κ3) is 2.20. The lowest BCUT2D eigenvalue weighted by atomic mass is 10.2. The second kappa shape index (κ2) is 4.07. The molecule has 0 spiro atoms. The van der Waals surface area contributed by atoms with Crippen LogP contribution < -0.4 is 0 Å². The SMILES string of the molecule is Cc1cc(Br)c(C(=O)Cl)c(I)c1. The quantitative estimate of drug-likeness (QED) is 0.551. The van der Waals surface area contributed by atoms with Crippen molar-refractivity contribution in [2.24, 2.45) is 0 Å². The first-order chi connectivity index (χ1) is 5.52. The standard InChI is InChI=1S/C8H5BrClIO/c1-4-2-5(9)7(8(10)12)6(11)3-4/h2-3H,1H3. The minimum atomic E-state index is -0.425. The molecule has 0 aromatic heterocycles. The van der Waals surface area contributed by atoms with E-state index in [0.29, 0.717) is 5.56 Å². The molecular formula is C8H5BrClIO. The second-order valence-corrected chi connectivity index (χ2v) is 4.74. The Morgan fingerprint density at radius 2 is 2.17 bits per heavy atom. The van der Waals surface area contributed by atoms with Crippen molar-refractivity contribution in [1.82, 2.24) is 0 Å². The number of hydrogen-bond donors (Lipinski definition) is 0. The van der Waals surface area contributed by atoms with Crippen molar-refractivity contribution >= 4 is 55.4 Å². The number of carbonyl (C=O) groups is 1. The van der Waals surface area contributed by atoms with Crippen molar-refractivity contribution in [3.05, 3.63) is 31.3 Å². The number of rotatable bonds is 1. The predicted molar refractivity (Wildman–Crippen MR) is 61.8 cm³/mol. The molecule has 0 aliphatic heterocycles. The summed E-state index contributed by atoms with van der Waals surface area (Å²) in [5.74, 6) is 0. The van der Waals surface area contributed by atoms with Crippen LogP contribution in [0.1, 0.15) is 15.9 Å². The highest BCUT2D eigenvalue weighted by Gasteiger charge is 2.11. The Balaban J connectivity index is 3.38. The van der Waals surface area contributed by atoms with E-state index < -0.39 is 5.24 Å². The molecule has 0 aliphatic carbocycles. The Hall–Kier alpha value is 0.390. The Bertz CT molecular complexity index is 315. The van der Waals surface area contributed by atoms with Crippen molar-refractivity contribution in [2.75, 3.05) is 0 Å². The third-order valence-corrected chi connectivity index (χ3v) is 3.05. The van der Waals surface area contributed by atoms with Gasteiger partial charge in [-0.15, -0.1) is 0 Å². The molecule has 1 aromatic rings. The van der Waals surface area contributed by atoms with E-state index >= 15 is 0 Å². The van der Waals surface area contributed by atoms with Gasteiger partial charge in [-0.05, 0) is 74.7 Å². The minimum absolute atomic E-state index is 0.425. The van der Waals surface area contributed by atoms with E-state index in [1.165, 1.54) is 0 Å². The molecular weight excluding hydrogens is 354 g/mol. The fourth-order valence-corrected chi connectivity index (χ4v) is 3.52. The zero-order chi connectivity index (χ0) is 9.30. The average molecular weight is 359 g/mol. The van der Waals surface area contributed by atoms with Crippen LogP contribution in [0.2, 0.25) is 0 Å². The maximum Gasteiger partial charge on any atom is 0.254 e. The van der Waals surface area contributed by atoms with E-state index in [9.17, 15) is 4.79 Å². The molecule has 0 bridgehead atoms. The van der Waals surface area contributed by atoms with E-state index in [1.807, 2.05) is 19.1 Å². The Kier molecular flexibility index (Phi) is 3.55. The van der Waals surface area contributed by atoms with E-state index in [4.69, 9.17) is 11.6 Å². The van der Waals surface area contributed by atoms with Crippen LogP contribution in [0.3, 0.4) is 0 Å². The summed E-state index contributed by atoms with van der Waals surface area (Å²) in [7, 11) is 0. The number of hydrogen-bond acceptors (Lipinski definition) is 1. The summed E-state index contributed by atoms with van der Waals surface area (Å²) in [4.78, 5) is 10.9. The topological polar surface area (TPSA) is 17.1 Å². The maximum atomic E-state index is 10.9. The maximum absolute atomic E-state index is 10.9. The molecule has 4 heteroatoms. The normalized spacial score (nSPS) is 10.0. The average Bonchev–Trinajstić information content (AvgIpc) is 1.82. The molecule has 0 fully saturated rings. The molecule has 0 heterocycles. The van der Waals surface area contributed by atoms with Gasteiger partial charge in [0.1, 0.15) is 0 Å². The summed E-state index contributed by atoms with van der Waals surface area (Å²) in [6.45, 7) is 1.97. The van der Waals surface area contributed by atoms with Crippen LogP contribution >= 0.6 is 50.1 Å². The minimum Gasteiger partial charge on any atom is -0.276 e. The molecule has 0 unspecified atom stereocenters. The van der Waals surface area contributed by atoms with Crippen molar-refractivity contribution in [3.8, 4) is 0 Å². The van der Waals surface area contributed by atoms with Gasteiger partial charge in [0.25, 0.3) is 5.24 Å². The summed E-state index contributed by atoms with van der Waals surface area (Å²) in [5.41, 5.74) is 1.65. The van der Waals surface area contributed by atoms with Crippen LogP contribution in [-0.2, 0) is 0 Å². The molecule has 0 saturated heterocycles. The molecule has 0 radical (unpaired) electrons. The molecule has 0 atom stereocenters. The first kappa shape index (κ1) is 10.5. The molecule has 0 N–H and O–H groups in total. The summed E-state index contributed by atoms with van der Waals surface area (Å²) in [6, 6.07) is 3.79. The summed E-state index contributed by atoms with van der Waals surface area (Å²) >= 11 is 10.8. The summed E-state index contributed by atoms with van der Waals surface area (Å²) < 4.78 is 1.63. The highest BCUT2D eigenvalue weighted by Crippen LogP contribution is 2.25. The number of carbonyl (C=O) groups excluding carboxylic acids is 1. The molecule has 1 rings (SSSR count). The van der Waals surface area contributed by atoms with E-state index in [2.05, 4.69) is 38.5 Å². The van der Waals surface area contributed by atoms with Crippen LogP contribution in [0.5, 0.6) is 0 Å². The van der Waals surface area contributed by atoms with E-state index in [1.54, 1.807) is 0 Å². The van der Waals surface area contributed by atoms with Crippen LogP contribution in [0.25, 0.3) is 0 Å². The summed E-state index contributed by atoms with van der Waals surface area (Å²) in [6.07, 6.45) is 0. The highest BCUT2D eigenvalue weighted by atomic mass is 127. The number of aryl methyl sites for hydroxylation is 1. The number of benzene rings is 1. The number of halogens is 3. The Morgan fingerprint density at radius 3 is 2.58 bits per heavy atom. The molecule has 1 aromatic carbocycles. The largest absolute Gasteiger partial charge is 0.276 e. The van der Waals surface area contributed by atoms with Crippen LogP contribution in [0.15, 0.2) is 16.6 Å². The van der Waals surface area contributed by atoms with Crippen LogP contribution in [-0.4, -0.2) is 5.24 Å². The van der Waals surface area contributed by atoms with Gasteiger partial charge in [-0.2, -0.15) is 0 Å². The monoisotopic (exact) mass is 358 g/mol. The third-order valence-electron chi connectivity index (χ3n) is 1.38. The van der Waals surface area contributed by atoms with Gasteiger partial charge in [0.2, 0.25) is 0 Å². The smallest absolute Gasteiger partial charge is 0.254 e. The zero-order valence-corrected chi connectivity index (χ0v) is 10.7. The Morgan fingerprint density at radius 1 is 1.58 bits per heavy atom. The van der Waals surface area contributed by atoms with Crippen molar-refractivity contribution < 1.29 is 4.79 Å². The summed E-state index contributed by atoms with van der Waals surface area (Å²) in [5, 5.41) is -0.425. The van der Waals surface area contributed by atoms with Crippen molar-refractivity contribution in [2.45, 2.75) is 6.92 Å². The van der Waals surface area contributed by atoms with Gasteiger partial charge in [0, 0.05) is 8.04 Å². The van der Waals surface area contributed by atoms with Gasteiger partial charge in [-0.25, -0.2) is 0 Å². The van der Waals surface area contributed by atoms with Crippen molar-refractivity contribution in [1.29, 1.82) is 0 Å². The fourth-order valence-electron chi connectivity index (χ4n) is 0.888. The van der Waals surface area contributed by atoms with Gasteiger partial charge in [0.15, 0.2) is 0 Å². The molecule has 12 heavy (non-hydrogen) atoms. The fraction of sp³-hybridized carbons (Fsp3) is 0.125. The van der Waals surface area contributed by atoms with E-state index in [0.717, 1.165) is 13.6 Å². The molecule has 0 amide bonds. The molecule has 0 saturated carbocycles. The lowest BCUT2D eigenvalue weighted by Gasteiger charge is -2.03. The van der Waals surface area contributed by atoms with Gasteiger partial charge in [-0.3, -0.25) is 4.79 Å². The zero-order valence-electron chi connectivity index (χ0n) is 6.20. The van der Waals surface area contributed by atoms with E-state index in [-0.39, 0.29) is 0 Å². The second-order valence-electron chi connectivity index (χ2n) is 2.38. The van der Waals surface area contributed by atoms with Gasteiger partial charge in [0.05, 0.1) is 5.56 Å². The highest BCUT2D eigenvalue weighted by molar-refractivity contribution is 14.1. The van der Waals surface area contributed by atoms with Crippen molar-refractivity contribution in [3.63, 3.8) is 0 Å². The Labute approximate surface area is 97.8 Å². The first-order valence-electron chi connectivity index (χ1n) is 3.18. The molecule has 0 aliphatic rings. The van der Waals surface area contributed by atoms with Gasteiger partial charge in [-0.1, -0.05) is 0 Å². The van der Waals surface area contributed by atoms with Crippen LogP contribution in [0.4, 0.5) is 0 Å². The lowest BCUT2D eigenvalue weighted by molar-refractivity contribution is 0.108. The molecule has 1 nitrogen and oxygen atoms in total. The van der Waals surface area contributed by atoms with Gasteiger partial charge < -0.3 is 0 Å². The van der Waals surface area contributed by atoms with Gasteiger partial charge >= 0.3 is 0 Å². The predicted octanol–water partition coefficient (Wildman–Crippen LogP) is 3.74. The van der Waals surface area contributed by atoms with Crippen LogP contribution in [0, 0.1) is 10.5 Å². The lowest BCUT2D eigenvalue weighted by Crippen LogP contribution is -1.95. The molecule has 64 valence electrons.